The second-order valence-corrected chi connectivity index (χ2v) is 6.43. The summed E-state index contributed by atoms with van der Waals surface area (Å²) in [6.45, 7) is 2.08. The third-order valence-electron chi connectivity index (χ3n) is 4.46. The third kappa shape index (κ3) is 2.91. The van der Waals surface area contributed by atoms with Gasteiger partial charge in [-0.2, -0.15) is 4.57 Å². The van der Waals surface area contributed by atoms with Crippen LogP contribution in [0.4, 0.5) is 11.4 Å². The number of aryl methyl sites for hydroxylation is 4. The monoisotopic (exact) mass is 298 g/mol. The van der Waals surface area contributed by atoms with Crippen LogP contribution in [0, 0.1) is 0 Å². The normalized spacial score (nSPS) is 13.6. The molecule has 4 nitrogen and oxygen atoms in total. The Labute approximate surface area is 133 Å². The zero-order valence-corrected chi connectivity index (χ0v) is 14.1. The molecular weight excluding hydrogens is 272 g/mol. The molecule has 2 aromatic rings. The van der Waals surface area contributed by atoms with Crippen LogP contribution in [-0.2, 0) is 25.9 Å². The zero-order chi connectivity index (χ0) is 15.7. The summed E-state index contributed by atoms with van der Waals surface area (Å²) in [4.78, 5) is 4.34. The van der Waals surface area contributed by atoms with E-state index in [4.69, 9.17) is 0 Å². The van der Waals surface area contributed by atoms with Crippen molar-refractivity contribution >= 4 is 11.4 Å². The summed E-state index contributed by atoms with van der Waals surface area (Å²) >= 11 is 0. The number of hydrogen-bond acceptors (Lipinski definition) is 2. The summed E-state index contributed by atoms with van der Waals surface area (Å²) in [5.74, 6) is 0. The summed E-state index contributed by atoms with van der Waals surface area (Å²) < 4.78 is 4.82. The molecule has 1 aliphatic heterocycles. The van der Waals surface area contributed by atoms with Gasteiger partial charge in [-0.15, -0.1) is 0 Å². The molecule has 0 spiro atoms. The van der Waals surface area contributed by atoms with E-state index in [2.05, 4.69) is 83.8 Å². The lowest BCUT2D eigenvalue weighted by molar-refractivity contribution is -0.740. The van der Waals surface area contributed by atoms with Crippen molar-refractivity contribution in [1.29, 1.82) is 0 Å². The Morgan fingerprint density at radius 3 is 2.18 bits per heavy atom. The average molecular weight is 298 g/mol. The molecule has 22 heavy (non-hydrogen) atoms. The van der Waals surface area contributed by atoms with Crippen LogP contribution >= 0.6 is 0 Å². The second-order valence-electron chi connectivity index (χ2n) is 6.43. The van der Waals surface area contributed by atoms with E-state index in [-0.39, 0.29) is 0 Å². The minimum absolute atomic E-state index is 1.04. The Bertz CT molecular complexity index is 617. The Balaban J connectivity index is 1.91. The van der Waals surface area contributed by atoms with Crippen LogP contribution in [0.3, 0.4) is 0 Å². The van der Waals surface area contributed by atoms with E-state index in [1.54, 1.807) is 0 Å². The van der Waals surface area contributed by atoms with Crippen LogP contribution < -0.4 is 18.9 Å². The lowest BCUT2D eigenvalue weighted by atomic mass is 10.1. The summed E-state index contributed by atoms with van der Waals surface area (Å²) in [5.41, 5.74) is 5.37. The first kappa shape index (κ1) is 14.8. The van der Waals surface area contributed by atoms with Crippen molar-refractivity contribution in [1.82, 2.24) is 0 Å². The van der Waals surface area contributed by atoms with Crippen LogP contribution in [0.5, 0.6) is 0 Å². The Morgan fingerprint density at radius 2 is 1.45 bits per heavy atom. The van der Waals surface area contributed by atoms with Gasteiger partial charge in [0.1, 0.15) is 5.69 Å². The standard InChI is InChI=1S/C18H26N4/c1-19(2)16-8-11-21-10-7-15-5-6-18(20(3)4)14-22(15)12-9-17(21)13-16/h5-6,8,11,13-14H,7,9-10,12H2,1-4H3/q+2. The molecule has 4 heteroatoms. The highest BCUT2D eigenvalue weighted by Crippen LogP contribution is 2.14. The molecule has 3 rings (SSSR count). The molecule has 0 N–H and O–H groups in total. The number of nitrogens with zero attached hydrogens (tertiary/aromatic N) is 4. The van der Waals surface area contributed by atoms with Crippen molar-refractivity contribution in [3.05, 3.63) is 48.0 Å². The molecule has 0 radical (unpaired) electrons. The van der Waals surface area contributed by atoms with Crippen LogP contribution in [0.1, 0.15) is 11.4 Å². The molecule has 1 aliphatic rings. The van der Waals surface area contributed by atoms with Gasteiger partial charge in [-0.3, -0.25) is 0 Å². The first-order valence-electron chi connectivity index (χ1n) is 7.94. The van der Waals surface area contributed by atoms with Gasteiger partial charge in [0.05, 0.1) is 12.8 Å². The maximum absolute atomic E-state index is 2.42. The van der Waals surface area contributed by atoms with Gasteiger partial charge >= 0.3 is 0 Å². The molecule has 0 saturated heterocycles. The molecule has 0 aromatic carbocycles. The highest BCUT2D eigenvalue weighted by atomic mass is 15.1. The maximum Gasteiger partial charge on any atom is 0.192 e. The van der Waals surface area contributed by atoms with Crippen LogP contribution in [0.15, 0.2) is 36.7 Å². The fourth-order valence-corrected chi connectivity index (χ4v) is 3.01. The van der Waals surface area contributed by atoms with Crippen molar-refractivity contribution in [2.45, 2.75) is 25.9 Å². The van der Waals surface area contributed by atoms with Gasteiger partial charge < -0.3 is 9.80 Å². The average Bonchev–Trinajstić information content (AvgIpc) is 2.48. The number of aromatic nitrogens is 2. The maximum atomic E-state index is 2.42. The van der Waals surface area contributed by atoms with E-state index >= 15 is 0 Å². The van der Waals surface area contributed by atoms with E-state index in [1.165, 1.54) is 22.8 Å². The predicted molar refractivity (Wildman–Crippen MR) is 89.3 cm³/mol. The van der Waals surface area contributed by atoms with E-state index < -0.39 is 0 Å². The van der Waals surface area contributed by atoms with Gasteiger partial charge in [0.25, 0.3) is 0 Å². The molecule has 0 bridgehead atoms. The van der Waals surface area contributed by atoms with Crippen molar-refractivity contribution in [3.63, 3.8) is 0 Å². The van der Waals surface area contributed by atoms with Crippen LogP contribution in [0.25, 0.3) is 0 Å². The summed E-state index contributed by atoms with van der Waals surface area (Å²) in [6.07, 6.45) is 6.65. The summed E-state index contributed by atoms with van der Waals surface area (Å²) in [6, 6.07) is 9.01. The van der Waals surface area contributed by atoms with E-state index in [0.29, 0.717) is 0 Å². The van der Waals surface area contributed by atoms with Crippen LogP contribution in [-0.4, -0.2) is 28.2 Å². The number of anilines is 2. The lowest BCUT2D eigenvalue weighted by Crippen LogP contribution is -2.48. The van der Waals surface area contributed by atoms with Crippen LogP contribution in [0.2, 0.25) is 0 Å². The van der Waals surface area contributed by atoms with Crippen molar-refractivity contribution in [3.8, 4) is 0 Å². The first-order valence-corrected chi connectivity index (χ1v) is 7.94. The molecule has 0 aliphatic carbocycles. The molecule has 0 fully saturated rings. The summed E-state index contributed by atoms with van der Waals surface area (Å²) in [7, 11) is 8.39. The van der Waals surface area contributed by atoms with Crippen molar-refractivity contribution < 1.29 is 9.13 Å². The number of hydrogen-bond donors (Lipinski definition) is 0. The molecular formula is C18H26N4+2. The van der Waals surface area contributed by atoms with Gasteiger partial charge in [-0.05, 0) is 6.07 Å². The second kappa shape index (κ2) is 5.95. The van der Waals surface area contributed by atoms with Gasteiger partial charge in [0.2, 0.25) is 0 Å². The molecule has 0 atom stereocenters. The number of fused-ring (bicyclic) bond motifs is 2. The fraction of sp³-hybridized carbons (Fsp3) is 0.444. The minimum Gasteiger partial charge on any atom is -0.377 e. The molecule has 116 valence electrons. The van der Waals surface area contributed by atoms with Crippen molar-refractivity contribution in [2.24, 2.45) is 0 Å². The number of pyridine rings is 2. The number of rotatable bonds is 2. The highest BCUT2D eigenvalue weighted by Gasteiger charge is 2.22. The molecule has 0 saturated carbocycles. The minimum atomic E-state index is 1.04. The molecule has 3 heterocycles. The lowest BCUT2D eigenvalue weighted by Gasteiger charge is -2.16. The SMILES string of the molecule is CN(C)c1cc[n+]2c(c1)CC[n+]1cc(N(C)C)ccc1CC2. The molecule has 0 unspecified atom stereocenters. The van der Waals surface area contributed by atoms with E-state index in [9.17, 15) is 0 Å². The van der Waals surface area contributed by atoms with Crippen molar-refractivity contribution in [2.75, 3.05) is 38.0 Å². The molecule has 0 amide bonds. The van der Waals surface area contributed by atoms with Gasteiger partial charge in [-0.25, -0.2) is 4.57 Å². The Hall–Kier alpha value is -2.10. The third-order valence-corrected chi connectivity index (χ3v) is 4.46. The predicted octanol–water partition coefficient (Wildman–Crippen LogP) is 1.19. The zero-order valence-electron chi connectivity index (χ0n) is 14.1. The largest absolute Gasteiger partial charge is 0.377 e. The highest BCUT2D eigenvalue weighted by molar-refractivity contribution is 5.43. The Morgan fingerprint density at radius 1 is 0.773 bits per heavy atom. The van der Waals surface area contributed by atoms with E-state index in [0.717, 1.165) is 25.9 Å². The quantitative estimate of drug-likeness (QED) is 0.773. The first-order chi connectivity index (χ1) is 10.5. The van der Waals surface area contributed by atoms with Gasteiger partial charge in [0, 0.05) is 52.1 Å². The topological polar surface area (TPSA) is 14.2 Å². The smallest absolute Gasteiger partial charge is 0.192 e. The fourth-order valence-electron chi connectivity index (χ4n) is 3.01. The molecule has 2 aromatic heterocycles. The van der Waals surface area contributed by atoms with Gasteiger partial charge in [0.15, 0.2) is 36.9 Å². The Kier molecular flexibility index (Phi) is 4.01. The summed E-state index contributed by atoms with van der Waals surface area (Å²) in [5, 5.41) is 0. The van der Waals surface area contributed by atoms with E-state index in [1.807, 2.05) is 0 Å². The van der Waals surface area contributed by atoms with Gasteiger partial charge in [-0.1, -0.05) is 0 Å².